The van der Waals surface area contributed by atoms with E-state index in [9.17, 15) is 4.79 Å². The molecule has 0 heterocycles. The lowest BCUT2D eigenvalue weighted by Crippen LogP contribution is -2.35. The van der Waals surface area contributed by atoms with Gasteiger partial charge in [-0.15, -0.1) is 0 Å². The summed E-state index contributed by atoms with van der Waals surface area (Å²) in [4.78, 5) is 11.2. The minimum Gasteiger partial charge on any atom is -0.459 e. The van der Waals surface area contributed by atoms with Crippen LogP contribution in [0.3, 0.4) is 0 Å². The number of hydrogen-bond donors (Lipinski definition) is 2. The number of ether oxygens (including phenoxy) is 2. The first-order valence-electron chi connectivity index (χ1n) is 4.17. The standard InChI is InChI=1S/C8H17NO3S/c1-6(5-11-2)12-8(10)7(9)3-4-13/h6-7,13H,3-5,9H2,1-2H3. The predicted octanol–water partition coefficient (Wildman–Crippen LogP) is 0.212. The molecule has 0 bridgehead atoms. The molecule has 0 radical (unpaired) electrons. The van der Waals surface area contributed by atoms with E-state index >= 15 is 0 Å². The highest BCUT2D eigenvalue weighted by Gasteiger charge is 2.16. The summed E-state index contributed by atoms with van der Waals surface area (Å²) in [7, 11) is 1.55. The molecule has 78 valence electrons. The van der Waals surface area contributed by atoms with Gasteiger partial charge < -0.3 is 15.2 Å². The van der Waals surface area contributed by atoms with Crippen molar-refractivity contribution in [1.29, 1.82) is 0 Å². The van der Waals surface area contributed by atoms with Crippen LogP contribution in [-0.2, 0) is 14.3 Å². The van der Waals surface area contributed by atoms with Crippen LogP contribution in [0.5, 0.6) is 0 Å². The van der Waals surface area contributed by atoms with Crippen LogP contribution in [0, 0.1) is 0 Å². The second-order valence-corrected chi connectivity index (χ2v) is 3.27. The van der Waals surface area contributed by atoms with E-state index in [2.05, 4.69) is 12.6 Å². The zero-order valence-electron chi connectivity index (χ0n) is 8.03. The molecule has 2 atom stereocenters. The molecule has 0 aliphatic rings. The first-order chi connectivity index (χ1) is 6.11. The number of carbonyl (C=O) groups excluding carboxylic acids is 1. The van der Waals surface area contributed by atoms with Crippen molar-refractivity contribution in [2.75, 3.05) is 19.5 Å². The Labute approximate surface area is 84.2 Å². The topological polar surface area (TPSA) is 61.5 Å². The zero-order chi connectivity index (χ0) is 10.3. The Kier molecular flexibility index (Phi) is 7.03. The Hall–Kier alpha value is -0.260. The van der Waals surface area contributed by atoms with Crippen LogP contribution in [-0.4, -0.2) is 37.6 Å². The first kappa shape index (κ1) is 12.7. The van der Waals surface area contributed by atoms with Crippen LogP contribution >= 0.6 is 12.6 Å². The molecule has 0 saturated carbocycles. The van der Waals surface area contributed by atoms with Crippen LogP contribution in [0.25, 0.3) is 0 Å². The van der Waals surface area contributed by atoms with Crippen molar-refractivity contribution < 1.29 is 14.3 Å². The maximum absolute atomic E-state index is 11.2. The maximum atomic E-state index is 11.2. The van der Waals surface area contributed by atoms with Gasteiger partial charge >= 0.3 is 5.97 Å². The molecule has 0 saturated heterocycles. The van der Waals surface area contributed by atoms with Gasteiger partial charge in [-0.25, -0.2) is 0 Å². The fourth-order valence-electron chi connectivity index (χ4n) is 0.811. The monoisotopic (exact) mass is 207 g/mol. The number of nitrogens with two attached hydrogens (primary N) is 1. The molecule has 0 aromatic carbocycles. The van der Waals surface area contributed by atoms with Crippen LogP contribution in [0.2, 0.25) is 0 Å². The van der Waals surface area contributed by atoms with Gasteiger partial charge in [-0.3, -0.25) is 4.79 Å². The van der Waals surface area contributed by atoms with E-state index in [0.717, 1.165) is 0 Å². The quantitative estimate of drug-likeness (QED) is 0.483. The first-order valence-corrected chi connectivity index (χ1v) is 4.81. The molecule has 0 aliphatic carbocycles. The van der Waals surface area contributed by atoms with Crippen molar-refractivity contribution in [3.63, 3.8) is 0 Å². The van der Waals surface area contributed by atoms with Gasteiger partial charge in [-0.2, -0.15) is 12.6 Å². The molecule has 0 rings (SSSR count). The lowest BCUT2D eigenvalue weighted by atomic mass is 10.2. The van der Waals surface area contributed by atoms with Crippen molar-refractivity contribution in [2.24, 2.45) is 5.73 Å². The van der Waals surface area contributed by atoms with Crippen LogP contribution in [0.4, 0.5) is 0 Å². The molecule has 0 amide bonds. The molecule has 0 aromatic rings. The van der Waals surface area contributed by atoms with Gasteiger partial charge in [-0.05, 0) is 19.1 Å². The van der Waals surface area contributed by atoms with E-state index in [1.165, 1.54) is 0 Å². The normalized spacial score (nSPS) is 15.1. The second-order valence-electron chi connectivity index (χ2n) is 2.82. The number of esters is 1. The highest BCUT2D eigenvalue weighted by Crippen LogP contribution is 1.98. The van der Waals surface area contributed by atoms with Gasteiger partial charge in [0.15, 0.2) is 0 Å². The SMILES string of the molecule is COCC(C)OC(=O)C(N)CCS. The molecule has 0 spiro atoms. The zero-order valence-corrected chi connectivity index (χ0v) is 8.92. The molecule has 13 heavy (non-hydrogen) atoms. The van der Waals surface area contributed by atoms with Gasteiger partial charge in [0.1, 0.15) is 12.1 Å². The number of carbonyl (C=O) groups is 1. The average molecular weight is 207 g/mol. The number of methoxy groups -OCH3 is 1. The van der Waals surface area contributed by atoms with Crippen LogP contribution in [0.15, 0.2) is 0 Å². The molecular weight excluding hydrogens is 190 g/mol. The smallest absolute Gasteiger partial charge is 0.323 e. The summed E-state index contributed by atoms with van der Waals surface area (Å²) in [6, 6.07) is -0.572. The van der Waals surface area contributed by atoms with Gasteiger partial charge in [0.05, 0.1) is 6.61 Å². The molecule has 0 aliphatic heterocycles. The van der Waals surface area contributed by atoms with E-state index in [1.807, 2.05) is 0 Å². The predicted molar refractivity (Wildman–Crippen MR) is 53.9 cm³/mol. The molecule has 0 aromatic heterocycles. The third-order valence-electron chi connectivity index (χ3n) is 1.46. The lowest BCUT2D eigenvalue weighted by Gasteiger charge is -2.15. The van der Waals surface area contributed by atoms with Gasteiger partial charge in [0.25, 0.3) is 0 Å². The summed E-state index contributed by atoms with van der Waals surface area (Å²) in [5.74, 6) is 0.188. The largest absolute Gasteiger partial charge is 0.459 e. The van der Waals surface area contributed by atoms with Crippen LogP contribution in [0.1, 0.15) is 13.3 Å². The maximum Gasteiger partial charge on any atom is 0.323 e. The molecular formula is C8H17NO3S. The summed E-state index contributed by atoms with van der Waals surface area (Å²) < 4.78 is 9.79. The number of thiol groups is 1. The van der Waals surface area contributed by atoms with Crippen LogP contribution < -0.4 is 5.73 Å². The highest BCUT2D eigenvalue weighted by atomic mass is 32.1. The van der Waals surface area contributed by atoms with Gasteiger partial charge in [-0.1, -0.05) is 0 Å². The van der Waals surface area contributed by atoms with Crippen molar-refractivity contribution in [3.8, 4) is 0 Å². The summed E-state index contributed by atoms with van der Waals surface area (Å²) in [6.45, 7) is 2.15. The summed E-state index contributed by atoms with van der Waals surface area (Å²) in [5, 5.41) is 0. The average Bonchev–Trinajstić information content (AvgIpc) is 2.05. The van der Waals surface area contributed by atoms with E-state index in [-0.39, 0.29) is 6.10 Å². The van der Waals surface area contributed by atoms with Crippen molar-refractivity contribution >= 4 is 18.6 Å². The Balaban J connectivity index is 3.71. The summed E-state index contributed by atoms with van der Waals surface area (Å²) >= 11 is 3.97. The highest BCUT2D eigenvalue weighted by molar-refractivity contribution is 7.80. The fraction of sp³-hybridized carbons (Fsp3) is 0.875. The van der Waals surface area contributed by atoms with Crippen molar-refractivity contribution in [1.82, 2.24) is 0 Å². The Morgan fingerprint density at radius 2 is 2.23 bits per heavy atom. The molecule has 0 fully saturated rings. The molecule has 2 N–H and O–H groups in total. The fourth-order valence-corrected chi connectivity index (χ4v) is 1.09. The minimum atomic E-state index is -0.572. The van der Waals surface area contributed by atoms with Crippen molar-refractivity contribution in [2.45, 2.75) is 25.5 Å². The third kappa shape index (κ3) is 5.90. The third-order valence-corrected chi connectivity index (χ3v) is 1.72. The summed E-state index contributed by atoms with van der Waals surface area (Å²) in [5.41, 5.74) is 5.51. The van der Waals surface area contributed by atoms with Crippen molar-refractivity contribution in [3.05, 3.63) is 0 Å². The lowest BCUT2D eigenvalue weighted by molar-refractivity contribution is -0.152. The number of hydrogen-bond acceptors (Lipinski definition) is 5. The second kappa shape index (κ2) is 7.17. The molecule has 5 heteroatoms. The Bertz CT molecular complexity index is 154. The molecule has 4 nitrogen and oxygen atoms in total. The van der Waals surface area contributed by atoms with Gasteiger partial charge in [0.2, 0.25) is 0 Å². The van der Waals surface area contributed by atoms with Gasteiger partial charge in [0, 0.05) is 7.11 Å². The van der Waals surface area contributed by atoms with E-state index in [1.54, 1.807) is 14.0 Å². The number of rotatable bonds is 6. The minimum absolute atomic E-state index is 0.247. The van der Waals surface area contributed by atoms with E-state index in [0.29, 0.717) is 18.8 Å². The summed E-state index contributed by atoms with van der Waals surface area (Å²) in [6.07, 6.45) is 0.283. The Morgan fingerprint density at radius 1 is 1.62 bits per heavy atom. The molecule has 2 unspecified atom stereocenters. The Morgan fingerprint density at radius 3 is 2.69 bits per heavy atom. The van der Waals surface area contributed by atoms with E-state index in [4.69, 9.17) is 15.2 Å². The van der Waals surface area contributed by atoms with E-state index < -0.39 is 12.0 Å².